The first kappa shape index (κ1) is 10.3. The van der Waals surface area contributed by atoms with Crippen LogP contribution in [-0.4, -0.2) is 24.6 Å². The van der Waals surface area contributed by atoms with Crippen molar-refractivity contribution < 1.29 is 0 Å². The molecule has 0 aromatic rings. The van der Waals surface area contributed by atoms with Crippen molar-refractivity contribution in [2.45, 2.75) is 32.7 Å². The first-order valence-electron chi connectivity index (χ1n) is 4.03. The van der Waals surface area contributed by atoms with Gasteiger partial charge in [0.1, 0.15) is 0 Å². The molecule has 0 heterocycles. The molecule has 0 saturated carbocycles. The van der Waals surface area contributed by atoms with E-state index in [0.717, 1.165) is 0 Å². The summed E-state index contributed by atoms with van der Waals surface area (Å²) in [5, 5.41) is 3.45. The van der Waals surface area contributed by atoms with Gasteiger partial charge in [0.05, 0.1) is 0 Å². The normalized spacial score (nSPS) is 13.5. The summed E-state index contributed by atoms with van der Waals surface area (Å²) < 4.78 is 0. The average Bonchev–Trinajstić information content (AvgIpc) is 1.98. The summed E-state index contributed by atoms with van der Waals surface area (Å²) in [5.74, 6) is 1.28. The Hall–Kier alpha value is 0.310. The van der Waals surface area contributed by atoms with Gasteiger partial charge in [0.2, 0.25) is 0 Å². The summed E-state index contributed by atoms with van der Waals surface area (Å²) in [4.78, 5) is 0. The van der Waals surface area contributed by atoms with E-state index in [9.17, 15) is 0 Å². The van der Waals surface area contributed by atoms with E-state index in [2.05, 4.69) is 25.4 Å². The molecule has 0 aromatic carbocycles. The standard InChI is InChI=1S/C8H19NS/c1-4-8(2)9-6-5-7-10-3/h8-9H,4-7H2,1-3H3. The molecule has 0 fully saturated rings. The molecule has 0 saturated heterocycles. The van der Waals surface area contributed by atoms with Crippen LogP contribution in [0.2, 0.25) is 0 Å². The maximum atomic E-state index is 3.45. The summed E-state index contributed by atoms with van der Waals surface area (Å²) in [5.41, 5.74) is 0. The zero-order valence-corrected chi connectivity index (χ0v) is 8.13. The Bertz CT molecular complexity index is 66.3. The summed E-state index contributed by atoms with van der Waals surface area (Å²) in [6.45, 7) is 5.63. The van der Waals surface area contributed by atoms with Crippen LogP contribution in [-0.2, 0) is 0 Å². The summed E-state index contributed by atoms with van der Waals surface area (Å²) in [6.07, 6.45) is 4.69. The molecule has 0 aliphatic carbocycles. The molecule has 1 atom stereocenters. The van der Waals surface area contributed by atoms with E-state index < -0.39 is 0 Å². The number of thioether (sulfide) groups is 1. The van der Waals surface area contributed by atoms with Crippen molar-refractivity contribution in [3.8, 4) is 0 Å². The average molecular weight is 161 g/mol. The Morgan fingerprint density at radius 2 is 2.20 bits per heavy atom. The predicted octanol–water partition coefficient (Wildman–Crippen LogP) is 2.13. The lowest BCUT2D eigenvalue weighted by molar-refractivity contribution is 0.534. The quantitative estimate of drug-likeness (QED) is 0.599. The highest BCUT2D eigenvalue weighted by atomic mass is 32.2. The van der Waals surface area contributed by atoms with Gasteiger partial charge >= 0.3 is 0 Å². The summed E-state index contributed by atoms with van der Waals surface area (Å²) in [7, 11) is 0. The van der Waals surface area contributed by atoms with E-state index in [4.69, 9.17) is 0 Å². The SMILES string of the molecule is CCC(C)NCCCSC. The Morgan fingerprint density at radius 1 is 1.50 bits per heavy atom. The fraction of sp³-hybridized carbons (Fsp3) is 1.00. The highest BCUT2D eigenvalue weighted by Crippen LogP contribution is 1.94. The molecule has 1 N–H and O–H groups in total. The van der Waals surface area contributed by atoms with Gasteiger partial charge in [0.25, 0.3) is 0 Å². The number of nitrogens with one attached hydrogen (secondary N) is 1. The van der Waals surface area contributed by atoms with Gasteiger partial charge in [-0.05, 0) is 38.3 Å². The monoisotopic (exact) mass is 161 g/mol. The third kappa shape index (κ3) is 6.43. The van der Waals surface area contributed by atoms with Crippen molar-refractivity contribution in [2.75, 3.05) is 18.6 Å². The maximum Gasteiger partial charge on any atom is 0.00361 e. The van der Waals surface area contributed by atoms with Crippen LogP contribution in [0.3, 0.4) is 0 Å². The highest BCUT2D eigenvalue weighted by molar-refractivity contribution is 7.98. The number of hydrogen-bond donors (Lipinski definition) is 1. The minimum atomic E-state index is 0.696. The van der Waals surface area contributed by atoms with Crippen LogP contribution in [0.25, 0.3) is 0 Å². The van der Waals surface area contributed by atoms with Gasteiger partial charge < -0.3 is 5.32 Å². The second kappa shape index (κ2) is 7.42. The van der Waals surface area contributed by atoms with Gasteiger partial charge in [-0.2, -0.15) is 11.8 Å². The largest absolute Gasteiger partial charge is 0.314 e. The van der Waals surface area contributed by atoms with Crippen molar-refractivity contribution in [1.82, 2.24) is 5.32 Å². The maximum absolute atomic E-state index is 3.45. The van der Waals surface area contributed by atoms with E-state index in [-0.39, 0.29) is 0 Å². The lowest BCUT2D eigenvalue weighted by Crippen LogP contribution is -2.26. The second-order valence-corrected chi connectivity index (χ2v) is 3.60. The van der Waals surface area contributed by atoms with Crippen LogP contribution in [0.4, 0.5) is 0 Å². The molecule has 1 nitrogen and oxygen atoms in total. The second-order valence-electron chi connectivity index (χ2n) is 2.61. The molecule has 0 aliphatic heterocycles. The van der Waals surface area contributed by atoms with Gasteiger partial charge in [-0.3, -0.25) is 0 Å². The molecule has 0 aromatic heterocycles. The van der Waals surface area contributed by atoms with E-state index in [1.807, 2.05) is 11.8 Å². The Kier molecular flexibility index (Phi) is 7.65. The van der Waals surface area contributed by atoms with Crippen LogP contribution in [0, 0.1) is 0 Å². The first-order chi connectivity index (χ1) is 4.81. The molecule has 1 unspecified atom stereocenters. The van der Waals surface area contributed by atoms with Gasteiger partial charge in [-0.15, -0.1) is 0 Å². The topological polar surface area (TPSA) is 12.0 Å². The van der Waals surface area contributed by atoms with Gasteiger partial charge in [0, 0.05) is 6.04 Å². The van der Waals surface area contributed by atoms with Crippen molar-refractivity contribution in [2.24, 2.45) is 0 Å². The Morgan fingerprint density at radius 3 is 2.70 bits per heavy atom. The molecule has 0 radical (unpaired) electrons. The molecule has 2 heteroatoms. The van der Waals surface area contributed by atoms with E-state index in [1.165, 1.54) is 25.1 Å². The molecule has 62 valence electrons. The zero-order chi connectivity index (χ0) is 7.82. The van der Waals surface area contributed by atoms with Crippen molar-refractivity contribution >= 4 is 11.8 Å². The third-order valence-corrected chi connectivity index (χ3v) is 2.33. The van der Waals surface area contributed by atoms with Gasteiger partial charge in [0.15, 0.2) is 0 Å². The molecule has 10 heavy (non-hydrogen) atoms. The lowest BCUT2D eigenvalue weighted by Gasteiger charge is -2.09. The van der Waals surface area contributed by atoms with Gasteiger partial charge in [-0.25, -0.2) is 0 Å². The molecule has 0 bridgehead atoms. The van der Waals surface area contributed by atoms with Crippen LogP contribution in [0.1, 0.15) is 26.7 Å². The molecule has 0 rings (SSSR count). The van der Waals surface area contributed by atoms with Crippen LogP contribution < -0.4 is 5.32 Å². The zero-order valence-electron chi connectivity index (χ0n) is 7.31. The Balaban J connectivity index is 2.89. The fourth-order valence-corrected chi connectivity index (χ4v) is 1.14. The summed E-state index contributed by atoms with van der Waals surface area (Å²) in [6, 6.07) is 0.696. The molecular formula is C8H19NS. The van der Waals surface area contributed by atoms with E-state index >= 15 is 0 Å². The molecule has 0 aliphatic rings. The van der Waals surface area contributed by atoms with E-state index in [1.54, 1.807) is 0 Å². The highest BCUT2D eigenvalue weighted by Gasteiger charge is 1.94. The molecule has 0 amide bonds. The predicted molar refractivity (Wildman–Crippen MR) is 50.8 cm³/mol. The molecule has 0 spiro atoms. The third-order valence-electron chi connectivity index (χ3n) is 1.63. The smallest absolute Gasteiger partial charge is 0.00361 e. The van der Waals surface area contributed by atoms with Crippen molar-refractivity contribution in [1.29, 1.82) is 0 Å². The van der Waals surface area contributed by atoms with E-state index in [0.29, 0.717) is 6.04 Å². The van der Waals surface area contributed by atoms with Crippen LogP contribution >= 0.6 is 11.8 Å². The minimum absolute atomic E-state index is 0.696. The summed E-state index contributed by atoms with van der Waals surface area (Å²) >= 11 is 1.92. The lowest BCUT2D eigenvalue weighted by atomic mass is 10.2. The minimum Gasteiger partial charge on any atom is -0.314 e. The van der Waals surface area contributed by atoms with Crippen LogP contribution in [0.5, 0.6) is 0 Å². The van der Waals surface area contributed by atoms with Crippen molar-refractivity contribution in [3.63, 3.8) is 0 Å². The first-order valence-corrected chi connectivity index (χ1v) is 5.43. The fourth-order valence-electron chi connectivity index (χ4n) is 0.709. The van der Waals surface area contributed by atoms with Crippen molar-refractivity contribution in [3.05, 3.63) is 0 Å². The van der Waals surface area contributed by atoms with Crippen LogP contribution in [0.15, 0.2) is 0 Å². The number of hydrogen-bond acceptors (Lipinski definition) is 2. The molecular weight excluding hydrogens is 142 g/mol. The Labute approximate surface area is 69.0 Å². The van der Waals surface area contributed by atoms with Gasteiger partial charge in [-0.1, -0.05) is 6.92 Å². The number of rotatable bonds is 6.